The Kier molecular flexibility index (Phi) is 3.31. The number of hydrogen-bond donors (Lipinski definition) is 1. The molecule has 0 bridgehead atoms. The van der Waals surface area contributed by atoms with Crippen molar-refractivity contribution in [3.63, 3.8) is 0 Å². The Balaban J connectivity index is 1.85. The van der Waals surface area contributed by atoms with Gasteiger partial charge in [-0.2, -0.15) is 0 Å². The Bertz CT molecular complexity index is 793. The number of carbonyl (C=O) groups is 1. The predicted octanol–water partition coefficient (Wildman–Crippen LogP) is 3.83. The number of fused-ring (bicyclic) bond motifs is 1. The number of rotatable bonds is 3. The number of ether oxygens (including phenoxy) is 1. The summed E-state index contributed by atoms with van der Waals surface area (Å²) in [6.07, 6.45) is 0. The molecule has 106 valence electrons. The largest absolute Gasteiger partial charge is 0.497 e. The average Bonchev–Trinajstić information content (AvgIpc) is 2.92. The van der Waals surface area contributed by atoms with Crippen molar-refractivity contribution in [2.45, 2.75) is 0 Å². The molecule has 0 saturated heterocycles. The van der Waals surface area contributed by atoms with Gasteiger partial charge in [-0.05, 0) is 48.5 Å². The minimum Gasteiger partial charge on any atom is -0.497 e. The fourth-order valence-electron chi connectivity index (χ4n) is 1.99. The SMILES string of the molecule is COc1ccc2oc(C(=O)Nc3ccc(F)cc3)cc2c1. The summed E-state index contributed by atoms with van der Waals surface area (Å²) in [6.45, 7) is 0. The van der Waals surface area contributed by atoms with Gasteiger partial charge in [0.05, 0.1) is 7.11 Å². The first-order chi connectivity index (χ1) is 10.2. The van der Waals surface area contributed by atoms with Gasteiger partial charge in [0.2, 0.25) is 0 Å². The summed E-state index contributed by atoms with van der Waals surface area (Å²) in [5.74, 6) is 0.122. The van der Waals surface area contributed by atoms with Crippen molar-refractivity contribution in [2.75, 3.05) is 12.4 Å². The lowest BCUT2D eigenvalue weighted by molar-refractivity contribution is 0.0998. The number of furan rings is 1. The Morgan fingerprint density at radius 3 is 2.62 bits per heavy atom. The molecule has 0 aliphatic rings. The van der Waals surface area contributed by atoms with Crippen LogP contribution in [-0.2, 0) is 0 Å². The highest BCUT2D eigenvalue weighted by Gasteiger charge is 2.13. The first kappa shape index (κ1) is 13.2. The molecular formula is C16H12FNO3. The van der Waals surface area contributed by atoms with E-state index < -0.39 is 5.91 Å². The van der Waals surface area contributed by atoms with Crippen LogP contribution in [0.4, 0.5) is 10.1 Å². The zero-order chi connectivity index (χ0) is 14.8. The number of amides is 1. The second kappa shape index (κ2) is 5.28. The van der Waals surface area contributed by atoms with Gasteiger partial charge in [0.1, 0.15) is 17.1 Å². The van der Waals surface area contributed by atoms with Crippen molar-refractivity contribution in [1.29, 1.82) is 0 Å². The molecule has 0 atom stereocenters. The number of carbonyl (C=O) groups excluding carboxylic acids is 1. The van der Waals surface area contributed by atoms with E-state index in [1.54, 1.807) is 31.4 Å². The first-order valence-electron chi connectivity index (χ1n) is 6.30. The zero-order valence-corrected chi connectivity index (χ0v) is 11.2. The minimum absolute atomic E-state index is 0.183. The van der Waals surface area contributed by atoms with E-state index in [2.05, 4.69) is 5.32 Å². The first-order valence-corrected chi connectivity index (χ1v) is 6.30. The van der Waals surface area contributed by atoms with Crippen molar-refractivity contribution in [2.24, 2.45) is 0 Å². The summed E-state index contributed by atoms with van der Waals surface area (Å²) in [7, 11) is 1.57. The summed E-state index contributed by atoms with van der Waals surface area (Å²) in [5.41, 5.74) is 1.10. The van der Waals surface area contributed by atoms with Gasteiger partial charge in [-0.1, -0.05) is 0 Å². The van der Waals surface area contributed by atoms with E-state index in [-0.39, 0.29) is 11.6 Å². The van der Waals surface area contributed by atoms with Crippen molar-refractivity contribution in [3.05, 3.63) is 60.1 Å². The minimum atomic E-state index is -0.392. The van der Waals surface area contributed by atoms with Gasteiger partial charge in [0, 0.05) is 11.1 Å². The lowest BCUT2D eigenvalue weighted by Crippen LogP contribution is -2.10. The lowest BCUT2D eigenvalue weighted by atomic mass is 10.2. The van der Waals surface area contributed by atoms with Gasteiger partial charge in [0.25, 0.3) is 5.91 Å². The standard InChI is InChI=1S/C16H12FNO3/c1-20-13-6-7-14-10(8-13)9-15(21-14)16(19)18-12-4-2-11(17)3-5-12/h2-9H,1H3,(H,18,19). The molecule has 0 spiro atoms. The highest BCUT2D eigenvalue weighted by atomic mass is 19.1. The van der Waals surface area contributed by atoms with Crippen LogP contribution < -0.4 is 10.1 Å². The van der Waals surface area contributed by atoms with Crippen molar-refractivity contribution < 1.29 is 18.3 Å². The Hall–Kier alpha value is -2.82. The molecule has 1 N–H and O–H groups in total. The van der Waals surface area contributed by atoms with Crippen LogP contribution in [0.15, 0.2) is 52.9 Å². The third-order valence-electron chi connectivity index (χ3n) is 3.05. The maximum Gasteiger partial charge on any atom is 0.291 e. The summed E-state index contributed by atoms with van der Waals surface area (Å²) in [5, 5.41) is 3.42. The normalized spacial score (nSPS) is 10.6. The summed E-state index contributed by atoms with van der Waals surface area (Å²) >= 11 is 0. The summed E-state index contributed by atoms with van der Waals surface area (Å²) in [4.78, 5) is 12.1. The van der Waals surface area contributed by atoms with E-state index >= 15 is 0 Å². The van der Waals surface area contributed by atoms with E-state index in [4.69, 9.17) is 9.15 Å². The molecule has 0 aliphatic carbocycles. The molecule has 3 rings (SSSR count). The third-order valence-corrected chi connectivity index (χ3v) is 3.05. The Labute approximate surface area is 120 Å². The van der Waals surface area contributed by atoms with Crippen LogP contribution >= 0.6 is 0 Å². The Morgan fingerprint density at radius 1 is 1.14 bits per heavy atom. The highest BCUT2D eigenvalue weighted by Crippen LogP contribution is 2.24. The van der Waals surface area contributed by atoms with Gasteiger partial charge in [-0.25, -0.2) is 4.39 Å². The number of anilines is 1. The zero-order valence-electron chi connectivity index (χ0n) is 11.2. The molecule has 0 fully saturated rings. The maximum absolute atomic E-state index is 12.8. The molecule has 3 aromatic rings. The number of hydrogen-bond acceptors (Lipinski definition) is 3. The molecule has 0 aliphatic heterocycles. The fraction of sp³-hybridized carbons (Fsp3) is 0.0625. The van der Waals surface area contributed by atoms with Crippen LogP contribution in [0.2, 0.25) is 0 Å². The second-order valence-electron chi connectivity index (χ2n) is 4.48. The fourth-order valence-corrected chi connectivity index (χ4v) is 1.99. The summed E-state index contributed by atoms with van der Waals surface area (Å²) < 4.78 is 23.4. The molecule has 0 unspecified atom stereocenters. The van der Waals surface area contributed by atoms with Crippen molar-refractivity contribution in [1.82, 2.24) is 0 Å². The van der Waals surface area contributed by atoms with Crippen molar-refractivity contribution in [3.8, 4) is 5.75 Å². The monoisotopic (exact) mass is 285 g/mol. The smallest absolute Gasteiger partial charge is 0.291 e. The number of halogens is 1. The van der Waals surface area contributed by atoms with Crippen LogP contribution in [0.3, 0.4) is 0 Å². The van der Waals surface area contributed by atoms with Gasteiger partial charge in [0.15, 0.2) is 5.76 Å². The van der Waals surface area contributed by atoms with Crippen LogP contribution in [0, 0.1) is 5.82 Å². The number of nitrogens with one attached hydrogen (secondary N) is 1. The number of methoxy groups -OCH3 is 1. The molecule has 0 radical (unpaired) electrons. The topological polar surface area (TPSA) is 51.5 Å². The van der Waals surface area contributed by atoms with Gasteiger partial charge >= 0.3 is 0 Å². The molecule has 21 heavy (non-hydrogen) atoms. The van der Waals surface area contributed by atoms with E-state index in [9.17, 15) is 9.18 Å². The Morgan fingerprint density at radius 2 is 1.90 bits per heavy atom. The van der Waals surface area contributed by atoms with Gasteiger partial charge < -0.3 is 14.5 Å². The second-order valence-corrected chi connectivity index (χ2v) is 4.48. The lowest BCUT2D eigenvalue weighted by Gasteiger charge is -2.02. The molecule has 2 aromatic carbocycles. The molecule has 4 nitrogen and oxygen atoms in total. The molecule has 1 amide bonds. The number of benzene rings is 2. The van der Waals surface area contributed by atoms with Gasteiger partial charge in [-0.3, -0.25) is 4.79 Å². The van der Waals surface area contributed by atoms with E-state index in [1.165, 1.54) is 24.3 Å². The maximum atomic E-state index is 12.8. The molecule has 1 heterocycles. The van der Waals surface area contributed by atoms with Crippen LogP contribution in [0.1, 0.15) is 10.6 Å². The molecule has 1 aromatic heterocycles. The molecule has 5 heteroatoms. The quantitative estimate of drug-likeness (QED) is 0.795. The third kappa shape index (κ3) is 2.72. The highest BCUT2D eigenvalue weighted by molar-refractivity contribution is 6.04. The molecule has 0 saturated carbocycles. The van der Waals surface area contributed by atoms with Crippen LogP contribution in [0.25, 0.3) is 11.0 Å². The molecular weight excluding hydrogens is 273 g/mol. The average molecular weight is 285 g/mol. The van der Waals surface area contributed by atoms with Crippen molar-refractivity contribution >= 4 is 22.6 Å². The van der Waals surface area contributed by atoms with Crippen LogP contribution in [0.5, 0.6) is 5.75 Å². The predicted molar refractivity (Wildman–Crippen MR) is 77.1 cm³/mol. The van der Waals surface area contributed by atoms with Crippen LogP contribution in [-0.4, -0.2) is 13.0 Å². The van der Waals surface area contributed by atoms with E-state index in [0.29, 0.717) is 17.0 Å². The van der Waals surface area contributed by atoms with E-state index in [1.807, 2.05) is 0 Å². The summed E-state index contributed by atoms with van der Waals surface area (Å²) in [6, 6.07) is 12.4. The van der Waals surface area contributed by atoms with Gasteiger partial charge in [-0.15, -0.1) is 0 Å². The van der Waals surface area contributed by atoms with E-state index in [0.717, 1.165) is 5.39 Å².